The third-order valence-electron chi connectivity index (χ3n) is 10.7. The Balaban J connectivity index is 1.23. The van der Waals surface area contributed by atoms with E-state index in [9.17, 15) is 54.0 Å². The fourth-order valence-corrected chi connectivity index (χ4v) is 6.44. The van der Waals surface area contributed by atoms with Crippen molar-refractivity contribution in [2.45, 2.75) is 50.9 Å². The lowest BCUT2D eigenvalue weighted by Crippen LogP contribution is -2.40. The molecule has 0 saturated heterocycles. The van der Waals surface area contributed by atoms with E-state index >= 15 is 17.6 Å². The van der Waals surface area contributed by atoms with E-state index in [4.69, 9.17) is 14.2 Å². The van der Waals surface area contributed by atoms with Gasteiger partial charge in [-0.3, -0.25) is 4.79 Å². The molecule has 5 nitrogen and oxygen atoms in total. The van der Waals surface area contributed by atoms with Gasteiger partial charge in [0.05, 0.1) is 5.41 Å². The van der Waals surface area contributed by atoms with Crippen LogP contribution in [0.5, 0.6) is 34.5 Å². The van der Waals surface area contributed by atoms with E-state index < -0.39 is 109 Å². The Kier molecular flexibility index (Phi) is 12.5. The van der Waals surface area contributed by atoms with Gasteiger partial charge in [-0.1, -0.05) is 42.5 Å². The summed E-state index contributed by atoms with van der Waals surface area (Å²) in [5.41, 5.74) is -11.9. The number of halogens is 14. The van der Waals surface area contributed by atoms with E-state index in [2.05, 4.69) is 0 Å². The molecule has 0 amide bonds. The summed E-state index contributed by atoms with van der Waals surface area (Å²) in [6, 6.07) is 18.5. The van der Waals surface area contributed by atoms with E-state index in [0.29, 0.717) is 6.92 Å². The molecule has 0 heterocycles. The van der Waals surface area contributed by atoms with Crippen molar-refractivity contribution >= 4 is 5.78 Å². The van der Waals surface area contributed by atoms with Crippen LogP contribution in [0.25, 0.3) is 0 Å². The number of alkyl halides is 6. The van der Waals surface area contributed by atoms with Crippen molar-refractivity contribution < 1.29 is 80.5 Å². The minimum atomic E-state index is -5.05. The Bertz CT molecular complexity index is 2810. The number of ether oxygens (including phenoxy) is 3. The Hall–Kier alpha value is -7.10. The van der Waals surface area contributed by atoms with E-state index in [1.54, 1.807) is 0 Å². The molecule has 6 rings (SSSR count). The highest BCUT2D eigenvalue weighted by molar-refractivity contribution is 6.10. The summed E-state index contributed by atoms with van der Waals surface area (Å²) in [5.74, 6) is -24.4. The molecule has 0 aliphatic rings. The van der Waals surface area contributed by atoms with Crippen LogP contribution in [0.4, 0.5) is 61.5 Å². The standard InChI is InChI=1S/C46H27F14NO4/c1-21-33(47)35(49)31(36(50)34(21)48)41(62)32-37(51)39(53)42(40(54)38(32)52)65-27-18-12-24(13-19-27)44(4,46(58,59)60)23-10-16-26(17-11-23)64-30-7-5-6-29(28(30)20-61)63-25-14-8-22(9-15-25)43(2,3)45(55,56)57/h5-19H,1-4H3. The molecule has 0 aliphatic heterocycles. The van der Waals surface area contributed by atoms with Gasteiger partial charge in [0.15, 0.2) is 34.9 Å². The van der Waals surface area contributed by atoms with E-state index in [-0.39, 0.29) is 39.7 Å². The monoisotopic (exact) mass is 923 g/mol. The molecule has 65 heavy (non-hydrogen) atoms. The molecule has 338 valence electrons. The molecule has 6 aromatic carbocycles. The smallest absolute Gasteiger partial charge is 0.402 e. The topological polar surface area (TPSA) is 68.6 Å². The zero-order chi connectivity index (χ0) is 48.1. The first kappa shape index (κ1) is 47.4. The summed E-state index contributed by atoms with van der Waals surface area (Å²) < 4.78 is 219. The predicted molar refractivity (Wildman–Crippen MR) is 203 cm³/mol. The predicted octanol–water partition coefficient (Wildman–Crippen LogP) is 14.3. The lowest BCUT2D eigenvalue weighted by Gasteiger charge is -2.33. The lowest BCUT2D eigenvalue weighted by molar-refractivity contribution is -0.180. The van der Waals surface area contributed by atoms with Gasteiger partial charge in [0.1, 0.15) is 56.9 Å². The van der Waals surface area contributed by atoms with E-state index in [1.807, 2.05) is 6.07 Å². The molecule has 0 bridgehead atoms. The molecule has 0 N–H and O–H groups in total. The molecule has 0 radical (unpaired) electrons. The number of hydrogen-bond acceptors (Lipinski definition) is 5. The van der Waals surface area contributed by atoms with Gasteiger partial charge in [0.2, 0.25) is 23.2 Å². The minimum absolute atomic E-state index is 0.0482. The number of nitriles is 1. The summed E-state index contributed by atoms with van der Waals surface area (Å²) in [6.07, 6.45) is -9.59. The van der Waals surface area contributed by atoms with Gasteiger partial charge in [0, 0.05) is 5.56 Å². The van der Waals surface area contributed by atoms with Crippen molar-refractivity contribution in [3.05, 3.63) is 176 Å². The molecule has 0 saturated carbocycles. The van der Waals surface area contributed by atoms with Crippen molar-refractivity contribution in [2.24, 2.45) is 0 Å². The van der Waals surface area contributed by atoms with Crippen LogP contribution >= 0.6 is 0 Å². The van der Waals surface area contributed by atoms with E-state index in [0.717, 1.165) is 69.3 Å². The Morgan fingerprint density at radius 3 is 1.20 bits per heavy atom. The second-order valence-electron chi connectivity index (χ2n) is 14.9. The zero-order valence-corrected chi connectivity index (χ0v) is 33.5. The van der Waals surface area contributed by atoms with Gasteiger partial charge in [0.25, 0.3) is 0 Å². The molecule has 1 unspecified atom stereocenters. The highest BCUT2D eigenvalue weighted by Crippen LogP contribution is 2.48. The Labute approximate surface area is 359 Å². The Morgan fingerprint density at radius 1 is 0.492 bits per heavy atom. The highest BCUT2D eigenvalue weighted by atomic mass is 19.4. The van der Waals surface area contributed by atoms with Crippen molar-refractivity contribution in [2.75, 3.05) is 0 Å². The van der Waals surface area contributed by atoms with Crippen LogP contribution in [0, 0.1) is 64.8 Å². The number of rotatable bonds is 11. The first-order chi connectivity index (χ1) is 30.3. The first-order valence-electron chi connectivity index (χ1n) is 18.5. The van der Waals surface area contributed by atoms with Crippen LogP contribution in [0.3, 0.4) is 0 Å². The summed E-state index contributed by atoms with van der Waals surface area (Å²) in [6.45, 7) is 3.36. The summed E-state index contributed by atoms with van der Waals surface area (Å²) >= 11 is 0. The maximum atomic E-state index is 15.1. The van der Waals surface area contributed by atoms with Crippen LogP contribution in [0.1, 0.15) is 64.5 Å². The number of carbonyl (C=O) groups is 1. The summed E-state index contributed by atoms with van der Waals surface area (Å²) in [5, 5.41) is 9.93. The van der Waals surface area contributed by atoms with Gasteiger partial charge in [-0.2, -0.15) is 40.4 Å². The fourth-order valence-electron chi connectivity index (χ4n) is 6.44. The van der Waals surface area contributed by atoms with Crippen LogP contribution in [0.15, 0.2) is 91.0 Å². The number of benzene rings is 6. The number of nitrogens with zero attached hydrogens (tertiary/aromatic N) is 1. The highest BCUT2D eigenvalue weighted by Gasteiger charge is 2.53. The first-order valence-corrected chi connectivity index (χ1v) is 18.5. The lowest BCUT2D eigenvalue weighted by atomic mass is 9.75. The second kappa shape index (κ2) is 17.1. The van der Waals surface area contributed by atoms with Crippen molar-refractivity contribution in [3.8, 4) is 40.6 Å². The van der Waals surface area contributed by atoms with Crippen LogP contribution in [-0.4, -0.2) is 18.1 Å². The van der Waals surface area contributed by atoms with Gasteiger partial charge >= 0.3 is 12.4 Å². The second-order valence-corrected chi connectivity index (χ2v) is 14.9. The van der Waals surface area contributed by atoms with Gasteiger partial charge < -0.3 is 14.2 Å². The fraction of sp³-hybridized carbons (Fsp3) is 0.174. The largest absolute Gasteiger partial charge is 0.456 e. The maximum Gasteiger partial charge on any atom is 0.402 e. The zero-order valence-electron chi connectivity index (χ0n) is 33.5. The normalized spacial score (nSPS) is 12.9. The minimum Gasteiger partial charge on any atom is -0.456 e. The molecule has 6 aromatic rings. The molecule has 1 atom stereocenters. The maximum absolute atomic E-state index is 15.1. The van der Waals surface area contributed by atoms with Crippen LogP contribution in [-0.2, 0) is 10.8 Å². The third kappa shape index (κ3) is 8.40. The Morgan fingerprint density at radius 2 is 0.846 bits per heavy atom. The molecule has 0 aliphatic carbocycles. The third-order valence-corrected chi connectivity index (χ3v) is 10.7. The average molecular weight is 924 g/mol. The number of carbonyl (C=O) groups excluding carboxylic acids is 1. The van der Waals surface area contributed by atoms with Crippen molar-refractivity contribution in [1.29, 1.82) is 5.26 Å². The average Bonchev–Trinajstić information content (AvgIpc) is 3.25. The van der Waals surface area contributed by atoms with Gasteiger partial charge in [-0.25, -0.2) is 26.3 Å². The molecular weight excluding hydrogens is 896 g/mol. The summed E-state index contributed by atoms with van der Waals surface area (Å²) in [4.78, 5) is 12.7. The molecule has 0 fully saturated rings. The number of ketones is 1. The number of hydrogen-bond donors (Lipinski definition) is 0. The molecule has 0 aromatic heterocycles. The molecule has 19 heteroatoms. The SMILES string of the molecule is Cc1c(F)c(F)c(C(=O)c2c(F)c(F)c(Oc3ccc(C(C)(c4ccc(Oc5cccc(Oc6ccc(C(C)(C)C(F)(F)F)cc6)c5C#N)cc4)C(F)(F)F)cc3)c(F)c2F)c(F)c1F. The quantitative estimate of drug-likeness (QED) is 0.0736. The van der Waals surface area contributed by atoms with Crippen molar-refractivity contribution in [3.63, 3.8) is 0 Å². The van der Waals surface area contributed by atoms with Crippen LogP contribution < -0.4 is 14.2 Å². The van der Waals surface area contributed by atoms with Crippen molar-refractivity contribution in [1.82, 2.24) is 0 Å². The van der Waals surface area contributed by atoms with E-state index in [1.165, 1.54) is 42.5 Å². The van der Waals surface area contributed by atoms with Crippen LogP contribution in [0.2, 0.25) is 0 Å². The van der Waals surface area contributed by atoms with Gasteiger partial charge in [-0.15, -0.1) is 0 Å². The molecular formula is C46H27F14NO4. The van der Waals surface area contributed by atoms with Gasteiger partial charge in [-0.05, 0) is 92.9 Å². The summed E-state index contributed by atoms with van der Waals surface area (Å²) in [7, 11) is 0. The molecule has 0 spiro atoms.